The van der Waals surface area contributed by atoms with Crippen molar-refractivity contribution in [3.05, 3.63) is 59.2 Å². The quantitative estimate of drug-likeness (QED) is 0.908. The summed E-state index contributed by atoms with van der Waals surface area (Å²) >= 11 is 0. The Kier molecular flexibility index (Phi) is 3.38. The van der Waals surface area contributed by atoms with Crippen molar-refractivity contribution < 1.29 is 14.8 Å². The Morgan fingerprint density at radius 1 is 0.947 bits per heavy atom. The third kappa shape index (κ3) is 2.88. The molecule has 3 heteroatoms. The van der Waals surface area contributed by atoms with Gasteiger partial charge in [0.15, 0.2) is 11.5 Å². The number of ether oxygens (including phenoxy) is 2. The van der Waals surface area contributed by atoms with Gasteiger partial charge < -0.3 is 14.8 Å². The highest BCUT2D eigenvalue weighted by molar-refractivity contribution is 5.44. The SMILES string of the molecule is Cc1cccc(C[NH2+]Cc2ccc3c(c2)OCO3)c1. The maximum absolute atomic E-state index is 5.38. The van der Waals surface area contributed by atoms with Crippen LogP contribution in [-0.2, 0) is 13.1 Å². The average Bonchev–Trinajstić information content (AvgIpc) is 2.86. The molecule has 0 aromatic heterocycles. The molecule has 3 rings (SSSR count). The van der Waals surface area contributed by atoms with Crippen LogP contribution in [0, 0.1) is 6.92 Å². The largest absolute Gasteiger partial charge is 0.454 e. The van der Waals surface area contributed by atoms with E-state index in [1.807, 2.05) is 6.07 Å². The van der Waals surface area contributed by atoms with Crippen molar-refractivity contribution in [2.24, 2.45) is 0 Å². The second-order valence-electron chi connectivity index (χ2n) is 4.87. The van der Waals surface area contributed by atoms with Crippen molar-refractivity contribution in [1.82, 2.24) is 0 Å². The van der Waals surface area contributed by atoms with Gasteiger partial charge in [-0.3, -0.25) is 0 Å². The van der Waals surface area contributed by atoms with Crippen LogP contribution in [0.5, 0.6) is 11.5 Å². The highest BCUT2D eigenvalue weighted by Gasteiger charge is 2.13. The average molecular weight is 256 g/mol. The number of nitrogens with two attached hydrogens (primary N) is 1. The Morgan fingerprint density at radius 2 is 1.74 bits per heavy atom. The molecule has 2 aromatic rings. The lowest BCUT2D eigenvalue weighted by Crippen LogP contribution is -2.80. The van der Waals surface area contributed by atoms with E-state index in [0.29, 0.717) is 6.79 Å². The monoisotopic (exact) mass is 256 g/mol. The summed E-state index contributed by atoms with van der Waals surface area (Å²) in [6.07, 6.45) is 0. The summed E-state index contributed by atoms with van der Waals surface area (Å²) < 4.78 is 10.7. The molecule has 98 valence electrons. The Hall–Kier alpha value is -2.00. The van der Waals surface area contributed by atoms with Crippen LogP contribution in [0.4, 0.5) is 0 Å². The van der Waals surface area contributed by atoms with Crippen LogP contribution in [0.25, 0.3) is 0 Å². The van der Waals surface area contributed by atoms with Gasteiger partial charge in [-0.2, -0.15) is 0 Å². The van der Waals surface area contributed by atoms with Gasteiger partial charge in [0.2, 0.25) is 6.79 Å². The van der Waals surface area contributed by atoms with Gasteiger partial charge in [-0.05, 0) is 25.1 Å². The zero-order valence-electron chi connectivity index (χ0n) is 11.1. The first-order valence-electron chi connectivity index (χ1n) is 6.57. The smallest absolute Gasteiger partial charge is 0.231 e. The van der Waals surface area contributed by atoms with E-state index in [2.05, 4.69) is 48.6 Å². The molecular weight excluding hydrogens is 238 g/mol. The predicted octanol–water partition coefficient (Wildman–Crippen LogP) is 1.99. The fraction of sp³-hybridized carbons (Fsp3) is 0.250. The van der Waals surface area contributed by atoms with E-state index in [4.69, 9.17) is 9.47 Å². The van der Waals surface area contributed by atoms with Crippen LogP contribution in [0.15, 0.2) is 42.5 Å². The minimum atomic E-state index is 0.339. The second-order valence-corrected chi connectivity index (χ2v) is 4.87. The van der Waals surface area contributed by atoms with Crippen molar-refractivity contribution in [2.75, 3.05) is 6.79 Å². The summed E-state index contributed by atoms with van der Waals surface area (Å²) in [5, 5.41) is 2.30. The predicted molar refractivity (Wildman–Crippen MR) is 73.1 cm³/mol. The molecule has 1 heterocycles. The Labute approximate surface area is 113 Å². The summed E-state index contributed by atoms with van der Waals surface area (Å²) in [6.45, 7) is 4.41. The van der Waals surface area contributed by atoms with Crippen molar-refractivity contribution >= 4 is 0 Å². The number of hydrogen-bond donors (Lipinski definition) is 1. The maximum Gasteiger partial charge on any atom is 0.231 e. The van der Waals surface area contributed by atoms with Crippen molar-refractivity contribution in [3.8, 4) is 11.5 Å². The van der Waals surface area contributed by atoms with Gasteiger partial charge in [-0.15, -0.1) is 0 Å². The maximum atomic E-state index is 5.38. The number of aryl methyl sites for hydroxylation is 1. The number of rotatable bonds is 4. The summed E-state index contributed by atoms with van der Waals surface area (Å²) in [5.41, 5.74) is 3.94. The molecule has 0 radical (unpaired) electrons. The van der Waals surface area contributed by atoms with Crippen molar-refractivity contribution in [2.45, 2.75) is 20.0 Å². The minimum absolute atomic E-state index is 0.339. The zero-order chi connectivity index (χ0) is 13.1. The Balaban J connectivity index is 1.58. The third-order valence-electron chi connectivity index (χ3n) is 3.28. The molecule has 0 atom stereocenters. The highest BCUT2D eigenvalue weighted by Crippen LogP contribution is 2.32. The molecule has 0 spiro atoms. The normalized spacial score (nSPS) is 12.7. The Morgan fingerprint density at radius 3 is 2.58 bits per heavy atom. The first-order valence-corrected chi connectivity index (χ1v) is 6.57. The summed E-state index contributed by atoms with van der Waals surface area (Å²) in [6, 6.07) is 14.8. The van der Waals surface area contributed by atoms with Gasteiger partial charge in [0.1, 0.15) is 13.1 Å². The minimum Gasteiger partial charge on any atom is -0.454 e. The van der Waals surface area contributed by atoms with E-state index in [-0.39, 0.29) is 0 Å². The van der Waals surface area contributed by atoms with E-state index in [9.17, 15) is 0 Å². The van der Waals surface area contributed by atoms with E-state index >= 15 is 0 Å². The lowest BCUT2D eigenvalue weighted by molar-refractivity contribution is -0.686. The van der Waals surface area contributed by atoms with Gasteiger partial charge in [0.25, 0.3) is 0 Å². The molecule has 3 nitrogen and oxygen atoms in total. The standard InChI is InChI=1S/C16H17NO2/c1-12-3-2-4-13(7-12)9-17-10-14-5-6-15-16(8-14)19-11-18-15/h2-8,17H,9-11H2,1H3/p+1. The molecule has 0 fully saturated rings. The molecule has 0 aliphatic carbocycles. The topological polar surface area (TPSA) is 35.1 Å². The van der Waals surface area contributed by atoms with E-state index < -0.39 is 0 Å². The molecule has 1 aliphatic heterocycles. The molecule has 0 unspecified atom stereocenters. The van der Waals surface area contributed by atoms with Gasteiger partial charge in [0.05, 0.1) is 0 Å². The van der Waals surface area contributed by atoms with E-state index in [1.54, 1.807) is 0 Å². The summed E-state index contributed by atoms with van der Waals surface area (Å²) in [5.74, 6) is 1.71. The molecule has 0 bridgehead atoms. The van der Waals surface area contributed by atoms with Crippen LogP contribution in [0.1, 0.15) is 16.7 Å². The molecular formula is C16H18NO2+. The lowest BCUT2D eigenvalue weighted by Gasteiger charge is -2.04. The first kappa shape index (κ1) is 12.1. The fourth-order valence-electron chi connectivity index (χ4n) is 2.31. The molecule has 19 heavy (non-hydrogen) atoms. The number of benzene rings is 2. The second kappa shape index (κ2) is 5.33. The molecule has 0 amide bonds. The molecule has 0 saturated heterocycles. The third-order valence-corrected chi connectivity index (χ3v) is 3.28. The van der Waals surface area contributed by atoms with Crippen LogP contribution >= 0.6 is 0 Å². The summed E-state index contributed by atoms with van der Waals surface area (Å²) in [7, 11) is 0. The molecule has 2 aromatic carbocycles. The first-order chi connectivity index (χ1) is 9.31. The zero-order valence-corrected chi connectivity index (χ0v) is 11.1. The van der Waals surface area contributed by atoms with Gasteiger partial charge in [0, 0.05) is 11.1 Å². The summed E-state index contributed by atoms with van der Waals surface area (Å²) in [4.78, 5) is 0. The van der Waals surface area contributed by atoms with Gasteiger partial charge in [-0.25, -0.2) is 0 Å². The van der Waals surface area contributed by atoms with Crippen LogP contribution in [-0.4, -0.2) is 6.79 Å². The van der Waals surface area contributed by atoms with E-state index in [1.165, 1.54) is 16.7 Å². The fourth-order valence-corrected chi connectivity index (χ4v) is 2.31. The Bertz CT molecular complexity index is 581. The number of fused-ring (bicyclic) bond motifs is 1. The van der Waals surface area contributed by atoms with Gasteiger partial charge >= 0.3 is 0 Å². The van der Waals surface area contributed by atoms with Crippen LogP contribution < -0.4 is 14.8 Å². The van der Waals surface area contributed by atoms with Crippen LogP contribution in [0.2, 0.25) is 0 Å². The highest BCUT2D eigenvalue weighted by atomic mass is 16.7. The van der Waals surface area contributed by atoms with E-state index in [0.717, 1.165) is 24.6 Å². The van der Waals surface area contributed by atoms with Crippen molar-refractivity contribution in [1.29, 1.82) is 0 Å². The number of quaternary nitrogens is 1. The molecule has 1 aliphatic rings. The molecule has 2 N–H and O–H groups in total. The van der Waals surface area contributed by atoms with Crippen LogP contribution in [0.3, 0.4) is 0 Å². The molecule has 0 saturated carbocycles. The van der Waals surface area contributed by atoms with Crippen molar-refractivity contribution in [3.63, 3.8) is 0 Å². The lowest BCUT2D eigenvalue weighted by atomic mass is 10.1. The van der Waals surface area contributed by atoms with Gasteiger partial charge in [-0.1, -0.05) is 29.8 Å². The number of hydrogen-bond acceptors (Lipinski definition) is 2.